The van der Waals surface area contributed by atoms with Gasteiger partial charge in [0.25, 0.3) is 0 Å². The monoisotopic (exact) mass is 614 g/mol. The molecule has 7 heteroatoms. The Morgan fingerprint density at radius 1 is 0.978 bits per heavy atom. The minimum absolute atomic E-state index is 0.0791. The van der Waals surface area contributed by atoms with Crippen molar-refractivity contribution in [2.75, 3.05) is 6.61 Å². The van der Waals surface area contributed by atoms with E-state index in [2.05, 4.69) is 26.0 Å². The lowest BCUT2D eigenvalue weighted by Crippen LogP contribution is -2.76. The minimum Gasteiger partial charge on any atom is -0.493 e. The van der Waals surface area contributed by atoms with Crippen LogP contribution >= 0.6 is 0 Å². The molecule has 2 aromatic rings. The third-order valence-corrected chi connectivity index (χ3v) is 10.9. The maximum absolute atomic E-state index is 14.7. The second-order valence-electron chi connectivity index (χ2n) is 14.8. The SMILES string of the molecule is CCCCOc1ccc(-c2ccc(C(C)C)cc2)c2c1C(=O)C1C(=O)C3(O)C(=O)C(C(C)=O)C(=O)C(C(C)C)C3(C)CC1(C)C2. The molecule has 2 fully saturated rings. The Bertz CT molecular complexity index is 1580. The second kappa shape index (κ2) is 11.4. The smallest absolute Gasteiger partial charge is 0.190 e. The van der Waals surface area contributed by atoms with E-state index < -0.39 is 63.1 Å². The maximum Gasteiger partial charge on any atom is 0.190 e. The predicted octanol–water partition coefficient (Wildman–Crippen LogP) is 6.36. The van der Waals surface area contributed by atoms with Crippen LogP contribution in [0.1, 0.15) is 102 Å². The van der Waals surface area contributed by atoms with E-state index in [1.165, 1.54) is 5.56 Å². The molecule has 6 atom stereocenters. The number of hydrogen-bond donors (Lipinski definition) is 1. The van der Waals surface area contributed by atoms with Gasteiger partial charge < -0.3 is 9.84 Å². The molecule has 0 spiro atoms. The molecule has 45 heavy (non-hydrogen) atoms. The van der Waals surface area contributed by atoms with Crippen LogP contribution in [0.5, 0.6) is 5.75 Å². The molecule has 1 N–H and O–H groups in total. The molecule has 0 saturated heterocycles. The lowest BCUT2D eigenvalue weighted by Gasteiger charge is -2.62. The lowest BCUT2D eigenvalue weighted by atomic mass is 9.40. The summed E-state index contributed by atoms with van der Waals surface area (Å²) >= 11 is 0. The van der Waals surface area contributed by atoms with Crippen LogP contribution in [0.4, 0.5) is 0 Å². The first-order valence-corrected chi connectivity index (χ1v) is 16.3. The Labute approximate surface area is 266 Å². The van der Waals surface area contributed by atoms with Crippen molar-refractivity contribution in [3.05, 3.63) is 53.1 Å². The zero-order valence-corrected chi connectivity index (χ0v) is 27.8. The number of fused-ring (bicyclic) bond motifs is 3. The van der Waals surface area contributed by atoms with Gasteiger partial charge in [-0.2, -0.15) is 0 Å². The van der Waals surface area contributed by atoms with Crippen molar-refractivity contribution in [3.8, 4) is 16.9 Å². The van der Waals surface area contributed by atoms with Crippen LogP contribution in [0.2, 0.25) is 0 Å². The number of hydrogen-bond acceptors (Lipinski definition) is 7. The summed E-state index contributed by atoms with van der Waals surface area (Å²) < 4.78 is 6.14. The Balaban J connectivity index is 1.73. The van der Waals surface area contributed by atoms with E-state index in [4.69, 9.17) is 4.74 Å². The quantitative estimate of drug-likeness (QED) is 0.272. The number of ketones is 5. The van der Waals surface area contributed by atoms with Crippen molar-refractivity contribution in [2.24, 2.45) is 34.5 Å². The third-order valence-electron chi connectivity index (χ3n) is 10.9. The number of Topliss-reactive ketones (excluding diaryl/α,β-unsaturated/α-hetero) is 5. The molecule has 0 bridgehead atoms. The van der Waals surface area contributed by atoms with Crippen LogP contribution in [0, 0.1) is 34.5 Å². The highest BCUT2D eigenvalue weighted by Crippen LogP contribution is 2.64. The molecule has 0 radical (unpaired) electrons. The van der Waals surface area contributed by atoms with Crippen LogP contribution in [-0.4, -0.2) is 46.2 Å². The lowest BCUT2D eigenvalue weighted by molar-refractivity contribution is -0.205. The Kier molecular flexibility index (Phi) is 8.35. The van der Waals surface area contributed by atoms with E-state index in [0.717, 1.165) is 36.5 Å². The van der Waals surface area contributed by atoms with Crippen LogP contribution in [0.3, 0.4) is 0 Å². The van der Waals surface area contributed by atoms with Gasteiger partial charge >= 0.3 is 0 Å². The summed E-state index contributed by atoms with van der Waals surface area (Å²) in [6.07, 6.45) is 2.07. The minimum atomic E-state index is -2.66. The van der Waals surface area contributed by atoms with Crippen LogP contribution in [0.25, 0.3) is 11.1 Å². The molecule has 0 heterocycles. The van der Waals surface area contributed by atoms with E-state index in [-0.39, 0.29) is 12.3 Å². The fourth-order valence-electron chi connectivity index (χ4n) is 8.89. The molecule has 0 amide bonds. The Morgan fingerprint density at radius 3 is 2.18 bits per heavy atom. The standard InChI is InChI=1S/C38H46O7/c1-9-10-17-45-27-16-15-25(24-13-11-23(12-14-24)20(2)3)26-18-36(7)19-37(8)30(21(4)5)32(40)28(22(6)39)34(42)38(37,44)35(43)31(36)33(41)29(26)27/h11-16,20-21,28,30-31,44H,9-10,17-19H2,1-8H3. The summed E-state index contributed by atoms with van der Waals surface area (Å²) in [6.45, 7) is 14.9. The highest BCUT2D eigenvalue weighted by molar-refractivity contribution is 6.32. The van der Waals surface area contributed by atoms with Gasteiger partial charge in [0.05, 0.1) is 18.1 Å². The summed E-state index contributed by atoms with van der Waals surface area (Å²) in [5, 5.41) is 12.3. The number of benzene rings is 2. The summed E-state index contributed by atoms with van der Waals surface area (Å²) in [5.74, 6) is -7.37. The van der Waals surface area contributed by atoms with Gasteiger partial charge in [-0.3, -0.25) is 24.0 Å². The van der Waals surface area contributed by atoms with Gasteiger partial charge in [-0.25, -0.2) is 0 Å². The molecular formula is C38H46O7. The average Bonchev–Trinajstić information content (AvgIpc) is 2.94. The fourth-order valence-corrected chi connectivity index (χ4v) is 8.89. The zero-order valence-electron chi connectivity index (χ0n) is 27.8. The largest absolute Gasteiger partial charge is 0.493 e. The molecule has 3 aliphatic rings. The van der Waals surface area contributed by atoms with Gasteiger partial charge in [0.15, 0.2) is 28.7 Å². The normalized spacial score (nSPS) is 31.1. The van der Waals surface area contributed by atoms with Gasteiger partial charge in [0.1, 0.15) is 17.5 Å². The highest BCUT2D eigenvalue weighted by Gasteiger charge is 2.76. The summed E-state index contributed by atoms with van der Waals surface area (Å²) in [5.41, 5.74) is -1.10. The predicted molar refractivity (Wildman–Crippen MR) is 171 cm³/mol. The van der Waals surface area contributed by atoms with E-state index in [0.29, 0.717) is 30.3 Å². The van der Waals surface area contributed by atoms with E-state index in [1.54, 1.807) is 26.8 Å². The molecular weight excluding hydrogens is 568 g/mol. The molecule has 5 rings (SSSR count). The van der Waals surface area contributed by atoms with Gasteiger partial charge in [0.2, 0.25) is 0 Å². The number of ether oxygens (including phenoxy) is 1. The van der Waals surface area contributed by atoms with Crippen molar-refractivity contribution >= 4 is 28.9 Å². The summed E-state index contributed by atoms with van der Waals surface area (Å²) in [6, 6.07) is 12.0. The van der Waals surface area contributed by atoms with Crippen LogP contribution in [0.15, 0.2) is 36.4 Å². The molecule has 240 valence electrons. The molecule has 0 aliphatic heterocycles. The maximum atomic E-state index is 14.7. The van der Waals surface area contributed by atoms with Crippen molar-refractivity contribution < 1.29 is 33.8 Å². The van der Waals surface area contributed by atoms with Gasteiger partial charge in [-0.1, -0.05) is 85.2 Å². The van der Waals surface area contributed by atoms with Crippen molar-refractivity contribution in [3.63, 3.8) is 0 Å². The number of rotatable bonds is 8. The Hall–Kier alpha value is -3.45. The fraction of sp³-hybridized carbons (Fsp3) is 0.553. The summed E-state index contributed by atoms with van der Waals surface area (Å²) in [4.78, 5) is 69.8. The number of carbonyl (C=O) groups is 5. The molecule has 2 saturated carbocycles. The topological polar surface area (TPSA) is 115 Å². The van der Waals surface area contributed by atoms with E-state index in [1.807, 2.05) is 32.0 Å². The molecule has 2 aromatic carbocycles. The second-order valence-corrected chi connectivity index (χ2v) is 14.8. The first-order chi connectivity index (χ1) is 21.0. The molecule has 6 unspecified atom stereocenters. The van der Waals surface area contributed by atoms with Crippen LogP contribution in [-0.2, 0) is 25.6 Å². The first kappa shape index (κ1) is 32.9. The van der Waals surface area contributed by atoms with Crippen molar-refractivity contribution in [2.45, 2.75) is 92.6 Å². The molecule has 0 aromatic heterocycles. The number of unbranched alkanes of at least 4 members (excludes halogenated alkanes) is 1. The summed E-state index contributed by atoms with van der Waals surface area (Å²) in [7, 11) is 0. The molecule has 3 aliphatic carbocycles. The first-order valence-electron chi connectivity index (χ1n) is 16.3. The van der Waals surface area contributed by atoms with Gasteiger partial charge in [-0.05, 0) is 71.8 Å². The third kappa shape index (κ3) is 4.76. The van der Waals surface area contributed by atoms with E-state index >= 15 is 0 Å². The van der Waals surface area contributed by atoms with Gasteiger partial charge in [0, 0.05) is 11.3 Å². The van der Waals surface area contributed by atoms with Gasteiger partial charge in [-0.15, -0.1) is 0 Å². The van der Waals surface area contributed by atoms with Crippen molar-refractivity contribution in [1.29, 1.82) is 0 Å². The van der Waals surface area contributed by atoms with E-state index in [9.17, 15) is 29.1 Å². The number of aliphatic hydroxyl groups is 1. The zero-order chi connectivity index (χ0) is 33.2. The van der Waals surface area contributed by atoms with Crippen LogP contribution < -0.4 is 4.74 Å². The van der Waals surface area contributed by atoms with Crippen molar-refractivity contribution in [1.82, 2.24) is 0 Å². The number of carbonyl (C=O) groups excluding carboxylic acids is 5. The average molecular weight is 615 g/mol. The highest BCUT2D eigenvalue weighted by atomic mass is 16.5. The molecule has 7 nitrogen and oxygen atoms in total. The Morgan fingerprint density at radius 2 is 1.62 bits per heavy atom.